The zero-order valence-electron chi connectivity index (χ0n) is 31.6. The molecule has 1 unspecified atom stereocenters. The van der Waals surface area contributed by atoms with Crippen molar-refractivity contribution in [2.24, 2.45) is 5.92 Å². The van der Waals surface area contributed by atoms with Crippen molar-refractivity contribution in [3.63, 3.8) is 0 Å². The second-order valence-corrected chi connectivity index (χ2v) is 15.4. The Morgan fingerprint density at radius 3 is 0.957 bits per heavy atom. The van der Waals surface area contributed by atoms with E-state index in [1.807, 2.05) is 0 Å². The standard InChI is InChI=1S/C30H42N3Si.C9H13.3ClH.Ti/c1-19-13-16-25(22(4)28(19)31(7)8)34(26-17-14-20(2)29(23(26)5)32(9)10)27-18-15-21(3)30(24(27)6)33(11)12;1-6-5-7(2)9(4)8(6)3;;;;/h13-18H,1-12H3;6H,1-4H3;3*1H;/q;-1;;;;. The molecular formula is C39H58Cl3N3SiTi-. The van der Waals surface area contributed by atoms with Crippen molar-refractivity contribution in [3.05, 3.63) is 92.6 Å². The van der Waals surface area contributed by atoms with Crippen LogP contribution in [0.4, 0.5) is 17.1 Å². The van der Waals surface area contributed by atoms with Gasteiger partial charge in [-0.2, -0.15) is 11.1 Å². The van der Waals surface area contributed by atoms with Gasteiger partial charge in [0, 0.05) is 81.1 Å². The first-order chi connectivity index (χ1) is 20.0. The van der Waals surface area contributed by atoms with Crippen molar-refractivity contribution in [1.82, 2.24) is 0 Å². The van der Waals surface area contributed by atoms with E-state index in [4.69, 9.17) is 0 Å². The fraction of sp³-hybridized carbons (Fsp3) is 0.436. The fourth-order valence-electron chi connectivity index (χ4n) is 6.98. The maximum absolute atomic E-state index is 3.36. The van der Waals surface area contributed by atoms with Gasteiger partial charge >= 0.3 is 0 Å². The largest absolute Gasteiger partial charge is 0.377 e. The average Bonchev–Trinajstić information content (AvgIpc) is 3.12. The van der Waals surface area contributed by atoms with Crippen LogP contribution in [0.25, 0.3) is 0 Å². The van der Waals surface area contributed by atoms with Crippen molar-refractivity contribution in [2.45, 2.75) is 69.2 Å². The summed E-state index contributed by atoms with van der Waals surface area (Å²) < 4.78 is 0. The first kappa shape index (κ1) is 47.5. The van der Waals surface area contributed by atoms with Crippen LogP contribution in [-0.4, -0.2) is 51.1 Å². The Labute approximate surface area is 323 Å². The van der Waals surface area contributed by atoms with Crippen LogP contribution in [-0.2, 0) is 21.7 Å². The van der Waals surface area contributed by atoms with Crippen molar-refractivity contribution in [2.75, 3.05) is 57.0 Å². The molecule has 0 saturated carbocycles. The first-order valence-corrected chi connectivity index (χ1v) is 17.0. The van der Waals surface area contributed by atoms with Crippen LogP contribution < -0.4 is 30.3 Å². The molecule has 47 heavy (non-hydrogen) atoms. The van der Waals surface area contributed by atoms with E-state index in [1.165, 1.54) is 82.7 Å². The van der Waals surface area contributed by atoms with Crippen molar-refractivity contribution in [1.29, 1.82) is 0 Å². The van der Waals surface area contributed by atoms with Crippen molar-refractivity contribution >= 4 is 78.6 Å². The summed E-state index contributed by atoms with van der Waals surface area (Å²) in [6.07, 6.45) is 3.36. The average molecular weight is 751 g/mol. The maximum atomic E-state index is 3.36. The molecule has 0 spiro atoms. The van der Waals surface area contributed by atoms with Gasteiger partial charge in [0.2, 0.25) is 0 Å². The summed E-state index contributed by atoms with van der Waals surface area (Å²) in [4.78, 5) is 6.82. The predicted molar refractivity (Wildman–Crippen MR) is 217 cm³/mol. The molecule has 1 aliphatic rings. The van der Waals surface area contributed by atoms with Crippen LogP contribution in [0.1, 0.15) is 61.1 Å². The maximum Gasteiger partial charge on any atom is 0.155 e. The van der Waals surface area contributed by atoms with E-state index in [0.29, 0.717) is 5.92 Å². The van der Waals surface area contributed by atoms with E-state index in [9.17, 15) is 0 Å². The van der Waals surface area contributed by atoms with Crippen LogP contribution in [0.5, 0.6) is 0 Å². The summed E-state index contributed by atoms with van der Waals surface area (Å²) in [5.74, 6) is 0.560. The second-order valence-electron chi connectivity index (χ2n) is 13.1. The Morgan fingerprint density at radius 2 is 0.787 bits per heavy atom. The Kier molecular flexibility index (Phi) is 19.7. The van der Waals surface area contributed by atoms with Gasteiger partial charge in [-0.1, -0.05) is 63.1 Å². The molecule has 0 bridgehead atoms. The van der Waals surface area contributed by atoms with E-state index in [1.54, 1.807) is 0 Å². The quantitative estimate of drug-likeness (QED) is 0.143. The molecule has 0 heterocycles. The Balaban J connectivity index is 0. The molecule has 3 aromatic rings. The molecule has 0 aromatic heterocycles. The predicted octanol–water partition coefficient (Wildman–Crippen LogP) is 8.24. The Hall–Kier alpha value is -1.66. The molecule has 0 aliphatic heterocycles. The van der Waals surface area contributed by atoms with Gasteiger partial charge in [-0.15, -0.1) is 44.1 Å². The van der Waals surface area contributed by atoms with Gasteiger partial charge in [-0.05, 0) is 90.5 Å². The summed E-state index contributed by atoms with van der Waals surface area (Å²) in [7, 11) is 11.7. The summed E-state index contributed by atoms with van der Waals surface area (Å²) >= 11 is 0. The minimum atomic E-state index is -1.26. The third-order valence-corrected chi connectivity index (χ3v) is 12.5. The number of anilines is 3. The Bertz CT molecular complexity index is 1430. The Morgan fingerprint density at radius 1 is 0.511 bits per heavy atom. The van der Waals surface area contributed by atoms with Gasteiger partial charge in [0.1, 0.15) is 0 Å². The number of aryl methyl sites for hydroxylation is 3. The normalized spacial score (nSPS) is 13.3. The zero-order valence-corrected chi connectivity index (χ0v) is 36.6. The zero-order chi connectivity index (χ0) is 32.5. The molecule has 1 atom stereocenters. The van der Waals surface area contributed by atoms with Crippen LogP contribution in [0.2, 0.25) is 0 Å². The number of benzene rings is 3. The third-order valence-electron chi connectivity index (χ3n) is 9.28. The van der Waals surface area contributed by atoms with Crippen LogP contribution in [0.15, 0.2) is 53.1 Å². The summed E-state index contributed by atoms with van der Waals surface area (Å²) in [5.41, 5.74) is 16.5. The number of allylic oxidation sites excluding steroid dienone is 4. The monoisotopic (exact) mass is 749 g/mol. The molecule has 0 fully saturated rings. The number of nitrogens with zero attached hydrogens (tertiary/aromatic N) is 3. The van der Waals surface area contributed by atoms with Gasteiger partial charge in [-0.25, -0.2) is 5.57 Å². The first-order valence-electron chi connectivity index (χ1n) is 15.5. The third kappa shape index (κ3) is 9.96. The molecule has 1 radical (unpaired) electrons. The van der Waals surface area contributed by atoms with E-state index in [-0.39, 0.29) is 58.9 Å². The molecule has 0 saturated heterocycles. The molecule has 1 aliphatic carbocycles. The number of hydrogen-bond donors (Lipinski definition) is 0. The summed E-state index contributed by atoms with van der Waals surface area (Å²) in [6.45, 7) is 22.3. The molecule has 3 nitrogen and oxygen atoms in total. The van der Waals surface area contributed by atoms with Crippen LogP contribution >= 0.6 is 37.2 Å². The van der Waals surface area contributed by atoms with Crippen LogP contribution in [0.3, 0.4) is 0 Å². The van der Waals surface area contributed by atoms with E-state index < -0.39 is 8.80 Å². The molecule has 8 heteroatoms. The fourth-order valence-corrected chi connectivity index (χ4v) is 10.1. The SMILES string of the molecule is CC1=[C-]C(C)C(C)=C1C.Cc1ccc([Si](c2ccc(C)c(N(C)C)c2C)c2ccc(C)c(N(C)C)c2C)c(C)c1N(C)C.Cl.Cl.Cl.[Ti]. The van der Waals surface area contributed by atoms with Crippen LogP contribution in [0, 0.1) is 53.5 Å². The van der Waals surface area contributed by atoms with Gasteiger partial charge in [-0.3, -0.25) is 6.08 Å². The van der Waals surface area contributed by atoms with Crippen molar-refractivity contribution < 1.29 is 21.7 Å². The van der Waals surface area contributed by atoms with E-state index in [2.05, 4.69) is 169 Å². The van der Waals surface area contributed by atoms with Gasteiger partial charge in [0.15, 0.2) is 8.80 Å². The van der Waals surface area contributed by atoms with E-state index >= 15 is 0 Å². The minimum Gasteiger partial charge on any atom is -0.377 e. The number of rotatable bonds is 6. The second kappa shape index (κ2) is 19.5. The van der Waals surface area contributed by atoms with E-state index in [0.717, 1.165) is 0 Å². The smallest absolute Gasteiger partial charge is 0.155 e. The molecule has 4 rings (SSSR count). The number of hydrogen-bond acceptors (Lipinski definition) is 3. The minimum absolute atomic E-state index is 0. The van der Waals surface area contributed by atoms with Gasteiger partial charge in [0.05, 0.1) is 0 Å². The molecule has 0 amide bonds. The molecule has 259 valence electrons. The number of halogens is 3. The summed E-state index contributed by atoms with van der Waals surface area (Å²) in [5, 5.41) is 4.44. The van der Waals surface area contributed by atoms with Gasteiger partial charge in [0.25, 0.3) is 0 Å². The van der Waals surface area contributed by atoms with Crippen molar-refractivity contribution in [3.8, 4) is 0 Å². The molecule has 3 aromatic carbocycles. The van der Waals surface area contributed by atoms with Gasteiger partial charge < -0.3 is 14.7 Å². The summed E-state index contributed by atoms with van der Waals surface area (Å²) in [6, 6.07) is 14.1. The molecular weight excluding hydrogens is 693 g/mol. The molecule has 0 N–H and O–H groups in total. The topological polar surface area (TPSA) is 9.72 Å².